The van der Waals surface area contributed by atoms with Crippen LogP contribution in [0, 0.1) is 18.3 Å². The Hall–Kier alpha value is -5.43. The third-order valence-electron chi connectivity index (χ3n) is 10.9. The summed E-state index contributed by atoms with van der Waals surface area (Å²) in [5, 5.41) is 21.7. The first-order chi connectivity index (χ1) is 27.5. The van der Waals surface area contributed by atoms with E-state index in [-0.39, 0.29) is 25.1 Å². The van der Waals surface area contributed by atoms with Crippen LogP contribution in [0.15, 0.2) is 54.6 Å². The first-order valence-corrected chi connectivity index (χ1v) is 21.6. The number of nitrogens with zero attached hydrogens (tertiary/aromatic N) is 7. The van der Waals surface area contributed by atoms with Gasteiger partial charge in [-0.05, 0) is 68.9 Å². The Morgan fingerprint density at radius 1 is 1.10 bits per heavy atom. The maximum absolute atomic E-state index is 14.9. The Balaban J connectivity index is 1.24. The molecule has 0 bridgehead atoms. The first-order valence-electron chi connectivity index (χ1n) is 19.2. The summed E-state index contributed by atoms with van der Waals surface area (Å²) in [6, 6.07) is 6.06. The highest BCUT2D eigenvalue weighted by Crippen LogP contribution is 2.46. The summed E-state index contributed by atoms with van der Waals surface area (Å²) in [5.74, 6) is -2.43. The van der Waals surface area contributed by atoms with Gasteiger partial charge in [0.2, 0.25) is 21.8 Å². The fourth-order valence-corrected chi connectivity index (χ4v) is 9.38. The summed E-state index contributed by atoms with van der Waals surface area (Å²) in [5.41, 5.74) is 0.306. The van der Waals surface area contributed by atoms with E-state index in [9.17, 15) is 27.6 Å². The van der Waals surface area contributed by atoms with Gasteiger partial charge in [-0.1, -0.05) is 26.8 Å². The normalized spacial score (nSPS) is 22.2. The Morgan fingerprint density at radius 2 is 1.81 bits per heavy atom. The van der Waals surface area contributed by atoms with Crippen LogP contribution >= 0.6 is 11.3 Å². The van der Waals surface area contributed by atoms with Gasteiger partial charge >= 0.3 is 0 Å². The third kappa shape index (κ3) is 7.88. The number of hydrogen-bond donors (Lipinski definition) is 3. The topological polar surface area (TPSA) is 212 Å². The quantitative estimate of drug-likeness (QED) is 0.157. The fraction of sp³-hybridized carbons (Fsp3) is 0.487. The molecule has 308 valence electrons. The second-order valence-corrected chi connectivity index (χ2v) is 19.0. The van der Waals surface area contributed by atoms with Gasteiger partial charge in [-0.25, -0.2) is 13.4 Å². The summed E-state index contributed by atoms with van der Waals surface area (Å²) in [6.45, 7) is 13.3. The number of rotatable bonds is 14. The molecule has 17 nitrogen and oxygen atoms in total. The van der Waals surface area contributed by atoms with Gasteiger partial charge in [-0.15, -0.1) is 23.0 Å². The van der Waals surface area contributed by atoms with Crippen LogP contribution in [0.5, 0.6) is 5.75 Å². The predicted molar refractivity (Wildman–Crippen MR) is 215 cm³/mol. The lowest BCUT2D eigenvalue weighted by atomic mass is 9.85. The third-order valence-corrected chi connectivity index (χ3v) is 13.5. The number of carbonyl (C=O) groups is 4. The van der Waals surface area contributed by atoms with Gasteiger partial charge in [0.15, 0.2) is 0 Å². The number of amides is 4. The van der Waals surface area contributed by atoms with Gasteiger partial charge in [-0.3, -0.25) is 28.6 Å². The van der Waals surface area contributed by atoms with E-state index < -0.39 is 73.9 Å². The second-order valence-electron chi connectivity index (χ2n) is 16.1. The lowest BCUT2D eigenvalue weighted by Crippen LogP contribution is -2.60. The number of aromatic nitrogens is 6. The second kappa shape index (κ2) is 15.4. The van der Waals surface area contributed by atoms with E-state index in [0.29, 0.717) is 47.2 Å². The maximum Gasteiger partial charge on any atom is 0.270 e. The molecule has 58 heavy (non-hydrogen) atoms. The zero-order valence-electron chi connectivity index (χ0n) is 33.3. The maximum atomic E-state index is 14.9. The lowest BCUT2D eigenvalue weighted by molar-refractivity contribution is -0.142. The molecule has 4 aromatic rings. The van der Waals surface area contributed by atoms with E-state index in [1.807, 2.05) is 57.3 Å². The van der Waals surface area contributed by atoms with E-state index in [1.165, 1.54) is 27.1 Å². The van der Waals surface area contributed by atoms with E-state index in [2.05, 4.69) is 32.0 Å². The molecule has 1 aromatic carbocycles. The molecule has 2 aliphatic carbocycles. The van der Waals surface area contributed by atoms with Crippen LogP contribution in [-0.2, 0) is 31.0 Å². The molecule has 0 radical (unpaired) electrons. The zero-order chi connectivity index (χ0) is 41.7. The molecular formula is C39H48N10O7S2. The molecule has 0 unspecified atom stereocenters. The van der Waals surface area contributed by atoms with Gasteiger partial charge in [0.25, 0.3) is 11.8 Å². The number of benzene rings is 1. The van der Waals surface area contributed by atoms with E-state index >= 15 is 0 Å². The number of sulfonamides is 1. The van der Waals surface area contributed by atoms with Crippen LogP contribution in [0.2, 0.25) is 0 Å². The Bertz CT molecular complexity index is 2350. The molecule has 5 atom stereocenters. The highest BCUT2D eigenvalue weighted by molar-refractivity contribution is 7.91. The molecule has 3 N–H and O–H groups in total. The number of hydrogen-bond acceptors (Lipinski definition) is 12. The number of carbonyl (C=O) groups excluding carboxylic acids is 4. The van der Waals surface area contributed by atoms with E-state index in [0.717, 1.165) is 5.56 Å². The van der Waals surface area contributed by atoms with Crippen molar-refractivity contribution in [1.82, 2.24) is 50.0 Å². The Kier molecular flexibility index (Phi) is 10.8. The number of methoxy groups -OCH3 is 1. The fourth-order valence-electron chi connectivity index (χ4n) is 7.39. The minimum absolute atomic E-state index is 0.0282. The van der Waals surface area contributed by atoms with Crippen LogP contribution in [0.25, 0.3) is 22.0 Å². The van der Waals surface area contributed by atoms with Crippen molar-refractivity contribution in [3.8, 4) is 27.7 Å². The van der Waals surface area contributed by atoms with Crippen molar-refractivity contribution in [2.24, 2.45) is 11.3 Å². The SMILES string of the molecule is C=C[C@@H]1C[C@@]1(NC(=O)[C@@H]1C[C@@H](n2nc(-c3ccc(OC)cc3)c(-c3nccs3)n2)CN1C(=O)[C@H](NC(=O)c1cc(C)nn1CC)C(C)(C)C)C(=O)NS(=O)(=O)C1CC1. The molecule has 1 saturated heterocycles. The van der Waals surface area contributed by atoms with Gasteiger partial charge in [0, 0.05) is 42.6 Å². The summed E-state index contributed by atoms with van der Waals surface area (Å²) in [4.78, 5) is 64.3. The zero-order valence-corrected chi connectivity index (χ0v) is 34.9. The number of ether oxygens (including phenoxy) is 1. The van der Waals surface area contributed by atoms with Crippen LogP contribution in [0.4, 0.5) is 0 Å². The summed E-state index contributed by atoms with van der Waals surface area (Å²) < 4.78 is 34.7. The van der Waals surface area contributed by atoms with Crippen LogP contribution in [0.3, 0.4) is 0 Å². The average Bonchev–Trinajstić information content (AvgIpc) is 3.84. The van der Waals surface area contributed by atoms with Crippen molar-refractivity contribution in [2.45, 2.75) is 95.8 Å². The predicted octanol–water partition coefficient (Wildman–Crippen LogP) is 3.26. The Labute approximate surface area is 340 Å². The molecule has 3 aromatic heterocycles. The van der Waals surface area contributed by atoms with E-state index in [1.54, 1.807) is 31.0 Å². The summed E-state index contributed by atoms with van der Waals surface area (Å²) in [6.07, 6.45) is 4.24. The largest absolute Gasteiger partial charge is 0.497 e. The smallest absolute Gasteiger partial charge is 0.270 e. The minimum atomic E-state index is -3.93. The number of nitrogens with one attached hydrogen (secondary N) is 3. The van der Waals surface area contributed by atoms with Gasteiger partial charge in [0.1, 0.15) is 45.5 Å². The van der Waals surface area contributed by atoms with Crippen LogP contribution < -0.4 is 20.1 Å². The van der Waals surface area contributed by atoms with Crippen molar-refractivity contribution >= 4 is 45.0 Å². The first kappa shape index (κ1) is 40.8. The molecule has 4 heterocycles. The van der Waals surface area contributed by atoms with Crippen LogP contribution in [0.1, 0.15) is 75.6 Å². The Morgan fingerprint density at radius 3 is 2.40 bits per heavy atom. The standard InChI is InChI=1S/C39H48N10O7S2/c1-8-24-20-39(24,37(53)46-58(54,55)27-14-15-27)42-34(51)28-19-25(49-44-30(23-10-12-26(56-7)13-11-23)31(45-49)35-40-16-17-57-35)21-47(28)36(52)32(38(4,5)6)41-33(50)29-18-22(3)43-48(29)9-2/h8,10-13,16-18,24-25,27-28,32H,1,9,14-15,19-21H2,2-7H3,(H,41,50)(H,42,51)(H,46,53)/t24-,25-,28+,32+,39+/m1/s1. The number of thiazole rings is 1. The molecule has 4 amide bonds. The molecule has 3 aliphatic rings. The number of aryl methyl sites for hydroxylation is 2. The molecule has 0 spiro atoms. The van der Waals surface area contributed by atoms with Crippen molar-refractivity contribution in [3.63, 3.8) is 0 Å². The average molecular weight is 833 g/mol. The van der Waals surface area contributed by atoms with Crippen molar-refractivity contribution in [2.75, 3.05) is 13.7 Å². The highest BCUT2D eigenvalue weighted by Gasteiger charge is 2.62. The molecule has 1 aliphatic heterocycles. The van der Waals surface area contributed by atoms with Gasteiger partial charge in [-0.2, -0.15) is 15.0 Å². The van der Waals surface area contributed by atoms with Crippen molar-refractivity contribution < 1.29 is 32.3 Å². The molecule has 19 heteroatoms. The van der Waals surface area contributed by atoms with Crippen LogP contribution in [-0.4, -0.2) is 103 Å². The molecule has 2 saturated carbocycles. The van der Waals surface area contributed by atoms with Gasteiger partial charge < -0.3 is 20.3 Å². The molecular weight excluding hydrogens is 785 g/mol. The molecule has 3 fully saturated rings. The highest BCUT2D eigenvalue weighted by atomic mass is 32.2. The van der Waals surface area contributed by atoms with Crippen molar-refractivity contribution in [3.05, 3.63) is 66.0 Å². The number of likely N-dealkylation sites (tertiary alicyclic amines) is 1. The van der Waals surface area contributed by atoms with E-state index in [4.69, 9.17) is 14.9 Å². The lowest BCUT2D eigenvalue weighted by Gasteiger charge is -2.35. The van der Waals surface area contributed by atoms with Gasteiger partial charge in [0.05, 0.1) is 24.1 Å². The monoisotopic (exact) mass is 832 g/mol. The van der Waals surface area contributed by atoms with Crippen molar-refractivity contribution in [1.29, 1.82) is 0 Å². The molecule has 7 rings (SSSR count). The summed E-state index contributed by atoms with van der Waals surface area (Å²) >= 11 is 1.39. The summed E-state index contributed by atoms with van der Waals surface area (Å²) in [7, 11) is -2.35. The minimum Gasteiger partial charge on any atom is -0.497 e.